The molecular weight excluding hydrogens is 211 g/mol. The summed E-state index contributed by atoms with van der Waals surface area (Å²) < 4.78 is 1.18. The van der Waals surface area contributed by atoms with Crippen molar-refractivity contribution >= 4 is 22.6 Å². The number of hydrogen-bond donors (Lipinski definition) is 0. The normalized spacial score (nSPS) is 9.25. The predicted octanol–water partition coefficient (Wildman–Crippen LogP) is 2.40. The van der Waals surface area contributed by atoms with Crippen molar-refractivity contribution in [2.75, 3.05) is 0 Å². The minimum absolute atomic E-state index is 1.18. The van der Waals surface area contributed by atoms with Gasteiger partial charge in [-0.3, -0.25) is 0 Å². The van der Waals surface area contributed by atoms with Crippen LogP contribution < -0.4 is 0 Å². The standard InChI is InChI=1S/C7H6I/c1-6-3-2-4-7(8)5-6/h2-4H,1H3. The summed E-state index contributed by atoms with van der Waals surface area (Å²) in [4.78, 5) is 0. The van der Waals surface area contributed by atoms with Crippen LogP contribution in [-0.2, 0) is 0 Å². The summed E-state index contributed by atoms with van der Waals surface area (Å²) in [6.45, 7) is 2.04. The van der Waals surface area contributed by atoms with E-state index in [1.165, 1.54) is 9.13 Å². The molecule has 41 valence electrons. The van der Waals surface area contributed by atoms with Gasteiger partial charge in [0.15, 0.2) is 0 Å². The third-order valence-corrected chi connectivity index (χ3v) is 1.53. The van der Waals surface area contributed by atoms with Crippen molar-refractivity contribution in [2.45, 2.75) is 6.92 Å². The lowest BCUT2D eigenvalue weighted by molar-refractivity contribution is 1.44. The van der Waals surface area contributed by atoms with Gasteiger partial charge in [-0.05, 0) is 47.2 Å². The molecule has 1 heteroatoms. The number of benzene rings is 1. The van der Waals surface area contributed by atoms with Gasteiger partial charge in [0.05, 0.1) is 0 Å². The van der Waals surface area contributed by atoms with Gasteiger partial charge in [0.1, 0.15) is 0 Å². The minimum atomic E-state index is 1.18. The summed E-state index contributed by atoms with van der Waals surface area (Å²) in [6, 6.07) is 9.27. The van der Waals surface area contributed by atoms with Crippen molar-refractivity contribution in [3.8, 4) is 0 Å². The van der Waals surface area contributed by atoms with Crippen LogP contribution in [0.1, 0.15) is 5.56 Å². The summed E-state index contributed by atoms with van der Waals surface area (Å²) in [5, 5.41) is 0. The first-order valence-electron chi connectivity index (χ1n) is 2.43. The molecule has 0 unspecified atom stereocenters. The topological polar surface area (TPSA) is 0 Å². The molecule has 0 heterocycles. The first-order valence-corrected chi connectivity index (χ1v) is 3.51. The minimum Gasteiger partial charge on any atom is -0.0609 e. The molecule has 0 bridgehead atoms. The zero-order chi connectivity index (χ0) is 5.98. The fourth-order valence-electron chi connectivity index (χ4n) is 0.549. The van der Waals surface area contributed by atoms with Crippen LogP contribution in [0.5, 0.6) is 0 Å². The Kier molecular flexibility index (Phi) is 1.89. The fourth-order valence-corrected chi connectivity index (χ4v) is 1.18. The number of aryl methyl sites for hydroxylation is 1. The molecule has 1 aromatic carbocycles. The van der Waals surface area contributed by atoms with Crippen LogP contribution in [0.3, 0.4) is 0 Å². The number of hydrogen-bond acceptors (Lipinski definition) is 0. The van der Waals surface area contributed by atoms with Crippen molar-refractivity contribution in [2.24, 2.45) is 0 Å². The maximum atomic E-state index is 3.16. The van der Waals surface area contributed by atoms with Crippen LogP contribution in [-0.4, -0.2) is 0 Å². The molecule has 0 nitrogen and oxygen atoms in total. The maximum absolute atomic E-state index is 3.16. The highest BCUT2D eigenvalue weighted by molar-refractivity contribution is 14.1. The van der Waals surface area contributed by atoms with E-state index >= 15 is 0 Å². The van der Waals surface area contributed by atoms with E-state index in [4.69, 9.17) is 0 Å². The van der Waals surface area contributed by atoms with Gasteiger partial charge in [-0.25, -0.2) is 0 Å². The van der Waals surface area contributed by atoms with Crippen LogP contribution in [0.25, 0.3) is 0 Å². The van der Waals surface area contributed by atoms with E-state index in [-0.39, 0.29) is 0 Å². The van der Waals surface area contributed by atoms with Gasteiger partial charge in [-0.1, -0.05) is 12.1 Å². The average Bonchev–Trinajstić information content (AvgIpc) is 1.64. The SMILES string of the molecule is Cc1[c]c(I)ccc1. The molecule has 0 fully saturated rings. The monoisotopic (exact) mass is 217 g/mol. The summed E-state index contributed by atoms with van der Waals surface area (Å²) >= 11 is 2.25. The number of rotatable bonds is 0. The Bertz CT molecular complexity index is 164. The largest absolute Gasteiger partial charge is 0.0609 e. The molecule has 0 aliphatic heterocycles. The Morgan fingerprint density at radius 2 is 2.25 bits per heavy atom. The molecule has 0 aliphatic rings. The Morgan fingerprint density at radius 1 is 1.50 bits per heavy atom. The Morgan fingerprint density at radius 3 is 2.62 bits per heavy atom. The van der Waals surface area contributed by atoms with E-state index in [1.807, 2.05) is 25.1 Å². The molecule has 1 radical (unpaired) electrons. The van der Waals surface area contributed by atoms with Crippen molar-refractivity contribution in [1.29, 1.82) is 0 Å². The lowest BCUT2D eigenvalue weighted by Crippen LogP contribution is -1.72. The molecule has 0 N–H and O–H groups in total. The molecule has 8 heavy (non-hydrogen) atoms. The molecule has 1 rings (SSSR count). The van der Waals surface area contributed by atoms with Gasteiger partial charge in [0.25, 0.3) is 0 Å². The number of halogens is 1. The van der Waals surface area contributed by atoms with Crippen LogP contribution in [0.2, 0.25) is 0 Å². The van der Waals surface area contributed by atoms with Gasteiger partial charge in [0.2, 0.25) is 0 Å². The van der Waals surface area contributed by atoms with E-state index in [0.29, 0.717) is 0 Å². The maximum Gasteiger partial charge on any atom is 0.0211 e. The van der Waals surface area contributed by atoms with Gasteiger partial charge in [-0.2, -0.15) is 0 Å². The molecule has 0 aromatic heterocycles. The molecule has 0 aliphatic carbocycles. The van der Waals surface area contributed by atoms with E-state index in [0.717, 1.165) is 0 Å². The summed E-state index contributed by atoms with van der Waals surface area (Å²) in [5.74, 6) is 0. The van der Waals surface area contributed by atoms with Crippen LogP contribution in [0.4, 0.5) is 0 Å². The second kappa shape index (κ2) is 2.49. The van der Waals surface area contributed by atoms with Crippen LogP contribution in [0, 0.1) is 16.6 Å². The fraction of sp³-hybridized carbons (Fsp3) is 0.143. The highest BCUT2D eigenvalue weighted by Crippen LogP contribution is 2.04. The highest BCUT2D eigenvalue weighted by Gasteiger charge is 1.83. The third kappa shape index (κ3) is 1.47. The lowest BCUT2D eigenvalue weighted by atomic mass is 10.2. The van der Waals surface area contributed by atoms with Gasteiger partial charge in [-0.15, -0.1) is 0 Å². The first-order chi connectivity index (χ1) is 3.79. The van der Waals surface area contributed by atoms with Gasteiger partial charge >= 0.3 is 0 Å². The van der Waals surface area contributed by atoms with E-state index in [9.17, 15) is 0 Å². The molecule has 0 saturated carbocycles. The Labute approximate surface area is 63.1 Å². The third-order valence-electron chi connectivity index (χ3n) is 0.905. The van der Waals surface area contributed by atoms with Gasteiger partial charge in [0, 0.05) is 3.57 Å². The second-order valence-corrected chi connectivity index (χ2v) is 2.84. The van der Waals surface area contributed by atoms with Crippen LogP contribution >= 0.6 is 22.6 Å². The predicted molar refractivity (Wildman–Crippen MR) is 42.7 cm³/mol. The molecule has 0 atom stereocenters. The van der Waals surface area contributed by atoms with Crippen molar-refractivity contribution in [1.82, 2.24) is 0 Å². The van der Waals surface area contributed by atoms with Crippen molar-refractivity contribution in [3.63, 3.8) is 0 Å². The van der Waals surface area contributed by atoms with E-state index in [1.54, 1.807) is 0 Å². The molecule has 0 amide bonds. The van der Waals surface area contributed by atoms with Crippen molar-refractivity contribution < 1.29 is 0 Å². The zero-order valence-corrected chi connectivity index (χ0v) is 6.77. The van der Waals surface area contributed by atoms with Gasteiger partial charge < -0.3 is 0 Å². The Hall–Kier alpha value is -0.0500. The zero-order valence-electron chi connectivity index (χ0n) is 4.61. The molecule has 0 spiro atoms. The lowest BCUT2D eigenvalue weighted by Gasteiger charge is -1.88. The second-order valence-electron chi connectivity index (χ2n) is 1.68. The summed E-state index contributed by atoms with van der Waals surface area (Å²) in [5.41, 5.74) is 1.21. The highest BCUT2D eigenvalue weighted by atomic mass is 127. The van der Waals surface area contributed by atoms with E-state index in [2.05, 4.69) is 28.7 Å². The van der Waals surface area contributed by atoms with Crippen LogP contribution in [0.15, 0.2) is 18.2 Å². The summed E-state index contributed by atoms with van der Waals surface area (Å²) in [7, 11) is 0. The molecule has 1 aromatic rings. The Balaban J connectivity index is 3.08. The van der Waals surface area contributed by atoms with Crippen molar-refractivity contribution in [3.05, 3.63) is 33.4 Å². The summed E-state index contributed by atoms with van der Waals surface area (Å²) in [6.07, 6.45) is 0. The smallest absolute Gasteiger partial charge is 0.0211 e. The quantitative estimate of drug-likeness (QED) is 0.585. The average molecular weight is 217 g/mol. The molecular formula is C7H6I. The first kappa shape index (κ1) is 6.08. The van der Waals surface area contributed by atoms with E-state index < -0.39 is 0 Å². The molecule has 0 saturated heterocycles.